The average Bonchev–Trinajstić information content (AvgIpc) is 2.54. The molecule has 1 unspecified atom stereocenters. The number of aliphatic hydroxyl groups excluding tert-OH is 1. The molecule has 2 rings (SSSR count). The lowest BCUT2D eigenvalue weighted by molar-refractivity contribution is -0.121. The number of ether oxygens (including phenoxy) is 1. The molecule has 0 bridgehead atoms. The Bertz CT molecular complexity index is 415. The van der Waals surface area contributed by atoms with Crippen LogP contribution >= 0.6 is 0 Å². The maximum atomic E-state index is 11.8. The molecule has 116 valence electrons. The maximum absolute atomic E-state index is 11.8. The van der Waals surface area contributed by atoms with Gasteiger partial charge in [-0.05, 0) is 37.2 Å². The monoisotopic (exact) mass is 291 g/mol. The smallest absolute Gasteiger partial charge is 0.220 e. The van der Waals surface area contributed by atoms with Gasteiger partial charge in [0.05, 0.1) is 6.10 Å². The van der Waals surface area contributed by atoms with E-state index >= 15 is 0 Å². The van der Waals surface area contributed by atoms with Gasteiger partial charge in [0, 0.05) is 26.2 Å². The summed E-state index contributed by atoms with van der Waals surface area (Å²) in [5.41, 5.74) is 1.18. The molecule has 21 heavy (non-hydrogen) atoms. The standard InChI is InChI=1S/C17H25NO3/c19-16(15-9-12-21-13-10-15)8-11-18-17(20)7-6-14-4-2-1-3-5-14/h1-5,15-16,19H,6-13H2,(H,18,20). The van der Waals surface area contributed by atoms with Crippen molar-refractivity contribution in [2.45, 2.75) is 38.2 Å². The third kappa shape index (κ3) is 5.86. The summed E-state index contributed by atoms with van der Waals surface area (Å²) in [6, 6.07) is 10.0. The first kappa shape index (κ1) is 16.0. The van der Waals surface area contributed by atoms with Gasteiger partial charge in [0.15, 0.2) is 0 Å². The fourth-order valence-electron chi connectivity index (χ4n) is 2.69. The molecule has 0 radical (unpaired) electrons. The highest BCUT2D eigenvalue weighted by Crippen LogP contribution is 2.20. The molecule has 1 saturated heterocycles. The van der Waals surface area contributed by atoms with Crippen molar-refractivity contribution in [3.63, 3.8) is 0 Å². The average molecular weight is 291 g/mol. The van der Waals surface area contributed by atoms with E-state index in [-0.39, 0.29) is 12.0 Å². The van der Waals surface area contributed by atoms with Crippen LogP contribution in [-0.4, -0.2) is 36.9 Å². The predicted molar refractivity (Wildman–Crippen MR) is 81.9 cm³/mol. The summed E-state index contributed by atoms with van der Waals surface area (Å²) in [5.74, 6) is 0.373. The molecule has 1 aliphatic rings. The summed E-state index contributed by atoms with van der Waals surface area (Å²) in [6.45, 7) is 2.03. The highest BCUT2D eigenvalue weighted by atomic mass is 16.5. The molecule has 1 aromatic rings. The lowest BCUT2D eigenvalue weighted by atomic mass is 9.92. The van der Waals surface area contributed by atoms with Crippen LogP contribution in [0, 0.1) is 5.92 Å². The van der Waals surface area contributed by atoms with Gasteiger partial charge in [0.1, 0.15) is 0 Å². The van der Waals surface area contributed by atoms with E-state index in [2.05, 4.69) is 5.32 Å². The minimum atomic E-state index is -0.330. The van der Waals surface area contributed by atoms with Gasteiger partial charge in [-0.15, -0.1) is 0 Å². The van der Waals surface area contributed by atoms with Crippen LogP contribution in [0.25, 0.3) is 0 Å². The molecule has 0 aliphatic carbocycles. The second kappa shape index (κ2) is 8.80. The Morgan fingerprint density at radius 3 is 2.71 bits per heavy atom. The molecule has 4 heteroatoms. The lowest BCUT2D eigenvalue weighted by Crippen LogP contribution is -2.32. The van der Waals surface area contributed by atoms with Crippen LogP contribution in [-0.2, 0) is 16.0 Å². The van der Waals surface area contributed by atoms with E-state index in [4.69, 9.17) is 4.74 Å². The second-order valence-electron chi connectivity index (χ2n) is 5.64. The predicted octanol–water partition coefficient (Wildman–Crippen LogP) is 1.91. The number of benzene rings is 1. The van der Waals surface area contributed by atoms with Crippen molar-refractivity contribution in [1.82, 2.24) is 5.32 Å². The van der Waals surface area contributed by atoms with E-state index < -0.39 is 0 Å². The van der Waals surface area contributed by atoms with E-state index in [1.165, 1.54) is 5.56 Å². The van der Waals surface area contributed by atoms with Crippen LogP contribution in [0.1, 0.15) is 31.2 Å². The first-order valence-corrected chi connectivity index (χ1v) is 7.82. The van der Waals surface area contributed by atoms with Gasteiger partial charge < -0.3 is 15.2 Å². The van der Waals surface area contributed by atoms with Crippen LogP contribution in [0.5, 0.6) is 0 Å². The van der Waals surface area contributed by atoms with Gasteiger partial charge >= 0.3 is 0 Å². The van der Waals surface area contributed by atoms with Crippen LogP contribution < -0.4 is 5.32 Å². The molecule has 0 saturated carbocycles. The molecule has 1 atom stereocenters. The molecule has 1 fully saturated rings. The van der Waals surface area contributed by atoms with E-state index in [0.717, 1.165) is 32.5 Å². The molecule has 1 aromatic carbocycles. The number of rotatable bonds is 7. The van der Waals surface area contributed by atoms with Crippen molar-refractivity contribution >= 4 is 5.91 Å². The van der Waals surface area contributed by atoms with Gasteiger partial charge in [-0.25, -0.2) is 0 Å². The zero-order chi connectivity index (χ0) is 14.9. The quantitative estimate of drug-likeness (QED) is 0.807. The van der Waals surface area contributed by atoms with Crippen molar-refractivity contribution in [2.24, 2.45) is 5.92 Å². The van der Waals surface area contributed by atoms with Crippen molar-refractivity contribution in [3.05, 3.63) is 35.9 Å². The Morgan fingerprint density at radius 2 is 2.00 bits per heavy atom. The maximum Gasteiger partial charge on any atom is 0.220 e. The van der Waals surface area contributed by atoms with E-state index in [1.54, 1.807) is 0 Å². The Morgan fingerprint density at radius 1 is 1.29 bits per heavy atom. The molecule has 1 heterocycles. The van der Waals surface area contributed by atoms with E-state index in [0.29, 0.717) is 25.3 Å². The lowest BCUT2D eigenvalue weighted by Gasteiger charge is -2.26. The number of hydrogen-bond acceptors (Lipinski definition) is 3. The SMILES string of the molecule is O=C(CCc1ccccc1)NCCC(O)C1CCOCC1. The zero-order valence-electron chi connectivity index (χ0n) is 12.5. The van der Waals surface area contributed by atoms with Crippen molar-refractivity contribution in [3.8, 4) is 0 Å². The molecule has 1 aliphatic heterocycles. The first-order chi connectivity index (χ1) is 10.3. The number of aryl methyl sites for hydroxylation is 1. The van der Waals surface area contributed by atoms with Gasteiger partial charge in [-0.2, -0.15) is 0 Å². The summed E-state index contributed by atoms with van der Waals surface area (Å²) < 4.78 is 5.29. The minimum Gasteiger partial charge on any atom is -0.393 e. The number of nitrogens with one attached hydrogen (secondary N) is 1. The molecule has 0 spiro atoms. The highest BCUT2D eigenvalue weighted by Gasteiger charge is 2.21. The topological polar surface area (TPSA) is 58.6 Å². The largest absolute Gasteiger partial charge is 0.393 e. The molecular weight excluding hydrogens is 266 g/mol. The van der Waals surface area contributed by atoms with Gasteiger partial charge in [-0.3, -0.25) is 4.79 Å². The fourth-order valence-corrected chi connectivity index (χ4v) is 2.69. The molecule has 2 N–H and O–H groups in total. The third-order valence-electron chi connectivity index (χ3n) is 4.06. The van der Waals surface area contributed by atoms with Gasteiger partial charge in [-0.1, -0.05) is 30.3 Å². The van der Waals surface area contributed by atoms with Crippen molar-refractivity contribution in [1.29, 1.82) is 0 Å². The number of carbonyl (C=O) groups is 1. The summed E-state index contributed by atoms with van der Waals surface area (Å²) in [7, 11) is 0. The summed E-state index contributed by atoms with van der Waals surface area (Å²) in [5, 5.41) is 13.0. The van der Waals surface area contributed by atoms with Crippen LogP contribution in [0.3, 0.4) is 0 Å². The second-order valence-corrected chi connectivity index (χ2v) is 5.64. The minimum absolute atomic E-state index is 0.0537. The summed E-state index contributed by atoms with van der Waals surface area (Å²) >= 11 is 0. The normalized spacial score (nSPS) is 17.4. The molecule has 0 aromatic heterocycles. The molecular formula is C17H25NO3. The van der Waals surface area contributed by atoms with Crippen molar-refractivity contribution in [2.75, 3.05) is 19.8 Å². The van der Waals surface area contributed by atoms with Crippen LogP contribution in [0.2, 0.25) is 0 Å². The van der Waals surface area contributed by atoms with Crippen molar-refractivity contribution < 1.29 is 14.6 Å². The molecule has 4 nitrogen and oxygen atoms in total. The third-order valence-corrected chi connectivity index (χ3v) is 4.06. The Hall–Kier alpha value is -1.39. The highest BCUT2D eigenvalue weighted by molar-refractivity contribution is 5.76. The number of hydrogen-bond donors (Lipinski definition) is 2. The Kier molecular flexibility index (Phi) is 6.70. The number of amides is 1. The van der Waals surface area contributed by atoms with Crippen LogP contribution in [0.4, 0.5) is 0 Å². The van der Waals surface area contributed by atoms with E-state index in [9.17, 15) is 9.90 Å². The Labute approximate surface area is 126 Å². The first-order valence-electron chi connectivity index (χ1n) is 7.82. The zero-order valence-corrected chi connectivity index (χ0v) is 12.5. The van der Waals surface area contributed by atoms with Gasteiger partial charge in [0.2, 0.25) is 5.91 Å². The number of carbonyl (C=O) groups excluding carboxylic acids is 1. The summed E-state index contributed by atoms with van der Waals surface area (Å²) in [6.07, 6.45) is 3.39. The number of aliphatic hydroxyl groups is 1. The van der Waals surface area contributed by atoms with E-state index in [1.807, 2.05) is 30.3 Å². The molecule has 1 amide bonds. The fraction of sp³-hybridized carbons (Fsp3) is 0.588. The van der Waals surface area contributed by atoms with Gasteiger partial charge in [0.25, 0.3) is 0 Å². The van der Waals surface area contributed by atoms with Crippen LogP contribution in [0.15, 0.2) is 30.3 Å². The Balaban J connectivity index is 1.58. The summed E-state index contributed by atoms with van der Waals surface area (Å²) in [4.78, 5) is 11.8.